The first kappa shape index (κ1) is 28.5. The zero-order chi connectivity index (χ0) is 33.9. The second-order valence-electron chi connectivity index (χ2n) is 13.4. The van der Waals surface area contributed by atoms with Crippen LogP contribution in [0.2, 0.25) is 0 Å². The molecule has 0 saturated carbocycles. The molecule has 0 bridgehead atoms. The van der Waals surface area contributed by atoms with Gasteiger partial charge in [0.15, 0.2) is 5.82 Å². The number of thiophene rings is 1. The molecule has 1 aliphatic rings. The molecule has 0 saturated heterocycles. The van der Waals surface area contributed by atoms with Gasteiger partial charge >= 0.3 is 0 Å². The lowest BCUT2D eigenvalue weighted by molar-refractivity contribution is 1.03. The first-order chi connectivity index (χ1) is 25.8. The van der Waals surface area contributed by atoms with Crippen molar-refractivity contribution >= 4 is 87.0 Å². The van der Waals surface area contributed by atoms with Gasteiger partial charge < -0.3 is 0 Å². The summed E-state index contributed by atoms with van der Waals surface area (Å²) >= 11 is 3.59. The van der Waals surface area contributed by atoms with Gasteiger partial charge in [-0.2, -0.15) is 0 Å². The van der Waals surface area contributed by atoms with Gasteiger partial charge in [-0.1, -0.05) is 121 Å². The molecule has 0 fully saturated rings. The van der Waals surface area contributed by atoms with E-state index in [4.69, 9.17) is 9.97 Å². The van der Waals surface area contributed by atoms with Crippen LogP contribution in [0.5, 0.6) is 0 Å². The molecule has 242 valence electrons. The first-order valence-corrected chi connectivity index (χ1v) is 19.0. The topological polar surface area (TPSA) is 35.6 Å². The normalized spacial score (nSPS) is 12.5. The highest BCUT2D eigenvalue weighted by Gasteiger charge is 2.28. The summed E-state index contributed by atoms with van der Waals surface area (Å²) in [4.78, 5) is 14.2. The molecule has 0 amide bonds. The Hall–Kier alpha value is -6.21. The molecule has 1 aliphatic heterocycles. The van der Waals surface area contributed by atoms with Crippen LogP contribution in [0.25, 0.3) is 97.9 Å². The van der Waals surface area contributed by atoms with E-state index in [2.05, 4.69) is 167 Å². The number of benzene rings is 7. The van der Waals surface area contributed by atoms with Crippen molar-refractivity contribution in [2.24, 2.45) is 0 Å². The van der Waals surface area contributed by atoms with Crippen LogP contribution in [0.1, 0.15) is 0 Å². The summed E-state index contributed by atoms with van der Waals surface area (Å²) < 4.78 is 6.14. The molecule has 0 radical (unpaired) electrons. The Morgan fingerprint density at radius 1 is 0.500 bits per heavy atom. The zero-order valence-corrected chi connectivity index (χ0v) is 29.2. The van der Waals surface area contributed by atoms with Crippen molar-refractivity contribution in [1.82, 2.24) is 19.1 Å². The molecule has 0 unspecified atom stereocenters. The third kappa shape index (κ3) is 3.93. The van der Waals surface area contributed by atoms with E-state index in [-0.39, 0.29) is 0 Å². The average Bonchev–Trinajstić information content (AvgIpc) is 3.86. The zero-order valence-electron chi connectivity index (χ0n) is 27.6. The van der Waals surface area contributed by atoms with Crippen LogP contribution in [0.4, 0.5) is 0 Å². The van der Waals surface area contributed by atoms with Crippen molar-refractivity contribution in [3.05, 3.63) is 158 Å². The van der Waals surface area contributed by atoms with E-state index in [1.165, 1.54) is 69.2 Å². The number of fused-ring (bicyclic) bond motifs is 11. The van der Waals surface area contributed by atoms with Gasteiger partial charge in [-0.05, 0) is 59.3 Å². The second-order valence-corrected chi connectivity index (χ2v) is 15.5. The van der Waals surface area contributed by atoms with Crippen LogP contribution in [-0.2, 0) is 0 Å². The van der Waals surface area contributed by atoms with E-state index >= 15 is 0 Å². The van der Waals surface area contributed by atoms with Crippen LogP contribution in [0.15, 0.2) is 168 Å². The molecule has 6 heteroatoms. The van der Waals surface area contributed by atoms with Gasteiger partial charge in [0.1, 0.15) is 10.5 Å². The van der Waals surface area contributed by atoms with Crippen molar-refractivity contribution in [3.63, 3.8) is 0 Å². The molecule has 4 aromatic heterocycles. The number of hydrogen-bond acceptors (Lipinski definition) is 4. The van der Waals surface area contributed by atoms with E-state index in [0.717, 1.165) is 38.5 Å². The van der Waals surface area contributed by atoms with E-state index in [0.29, 0.717) is 0 Å². The van der Waals surface area contributed by atoms with Gasteiger partial charge in [0, 0.05) is 58.2 Å². The van der Waals surface area contributed by atoms with Crippen molar-refractivity contribution in [2.45, 2.75) is 9.79 Å². The number of nitrogens with zero attached hydrogens (tertiary/aromatic N) is 4. The number of rotatable bonds is 3. The third-order valence-corrected chi connectivity index (χ3v) is 12.7. The maximum absolute atomic E-state index is 5.41. The molecule has 5 heterocycles. The maximum atomic E-state index is 5.41. The standard InChI is InChI=1S/C46H26N4S2/c1-2-12-28-25-29(24-23-27(28)11-1)42-41-33-16-4-7-20-37(33)52-45(41)48-44(47-42)30-13-9-14-31(26-30)49-35-18-5-3-15-32(35)40-34-17-10-22-39-43(34)50(46(40)49)36-19-6-8-21-38(36)51-39/h1-26H. The molecule has 52 heavy (non-hydrogen) atoms. The van der Waals surface area contributed by atoms with E-state index < -0.39 is 0 Å². The lowest BCUT2D eigenvalue weighted by atomic mass is 10.0. The van der Waals surface area contributed by atoms with E-state index in [1.54, 1.807) is 11.3 Å². The Kier molecular flexibility index (Phi) is 5.84. The molecule has 4 nitrogen and oxygen atoms in total. The molecule has 0 spiro atoms. The van der Waals surface area contributed by atoms with Gasteiger partial charge in [-0.3, -0.25) is 9.13 Å². The molecule has 7 aromatic carbocycles. The average molecular weight is 699 g/mol. The summed E-state index contributed by atoms with van der Waals surface area (Å²) in [5, 5.41) is 8.52. The highest BCUT2D eigenvalue weighted by molar-refractivity contribution is 7.99. The fourth-order valence-corrected chi connectivity index (χ4v) is 10.4. The minimum atomic E-state index is 0.725. The van der Waals surface area contributed by atoms with Gasteiger partial charge in [0.2, 0.25) is 0 Å². The predicted octanol–water partition coefficient (Wildman–Crippen LogP) is 12.8. The van der Waals surface area contributed by atoms with E-state index in [1.807, 2.05) is 11.8 Å². The van der Waals surface area contributed by atoms with Crippen LogP contribution in [-0.4, -0.2) is 19.1 Å². The molecule has 0 aliphatic carbocycles. The van der Waals surface area contributed by atoms with Crippen LogP contribution in [0.3, 0.4) is 0 Å². The highest BCUT2D eigenvalue weighted by atomic mass is 32.2. The Morgan fingerprint density at radius 2 is 1.27 bits per heavy atom. The van der Waals surface area contributed by atoms with Crippen LogP contribution < -0.4 is 0 Å². The predicted molar refractivity (Wildman–Crippen MR) is 219 cm³/mol. The van der Waals surface area contributed by atoms with Crippen LogP contribution in [0, 0.1) is 0 Å². The van der Waals surface area contributed by atoms with Crippen molar-refractivity contribution in [3.8, 4) is 34.0 Å². The number of aromatic nitrogens is 4. The molecular formula is C46H26N4S2. The van der Waals surface area contributed by atoms with Crippen LogP contribution >= 0.6 is 23.1 Å². The second kappa shape index (κ2) is 10.7. The smallest absolute Gasteiger partial charge is 0.161 e. The van der Waals surface area contributed by atoms with Crippen molar-refractivity contribution < 1.29 is 0 Å². The fraction of sp³-hybridized carbons (Fsp3) is 0. The lowest BCUT2D eigenvalue weighted by Gasteiger charge is -2.21. The number of para-hydroxylation sites is 3. The van der Waals surface area contributed by atoms with E-state index in [9.17, 15) is 0 Å². The number of hydrogen-bond donors (Lipinski definition) is 0. The summed E-state index contributed by atoms with van der Waals surface area (Å²) in [6, 6.07) is 56.8. The first-order valence-electron chi connectivity index (χ1n) is 17.4. The fourth-order valence-electron chi connectivity index (χ4n) is 8.27. The van der Waals surface area contributed by atoms with Gasteiger partial charge in [0.25, 0.3) is 0 Å². The van der Waals surface area contributed by atoms with Gasteiger partial charge in [0.05, 0.1) is 22.4 Å². The third-order valence-electron chi connectivity index (χ3n) is 10.5. The minimum absolute atomic E-state index is 0.725. The molecule has 11 aromatic rings. The molecule has 0 N–H and O–H groups in total. The SMILES string of the molecule is c1cc(-c2nc(-c3ccc4ccccc4c3)c3c(n2)sc2ccccc23)cc(-n2c3ccccc3c3c4cccc5c4n(c32)-c2ccccc2S5)c1. The van der Waals surface area contributed by atoms with Crippen molar-refractivity contribution in [1.29, 1.82) is 0 Å². The maximum Gasteiger partial charge on any atom is 0.161 e. The minimum Gasteiger partial charge on any atom is -0.295 e. The summed E-state index contributed by atoms with van der Waals surface area (Å²) in [5.74, 6) is 0.725. The lowest BCUT2D eigenvalue weighted by Crippen LogP contribution is -2.05. The van der Waals surface area contributed by atoms with Gasteiger partial charge in [-0.25, -0.2) is 9.97 Å². The Bertz CT molecular complexity index is 3290. The Balaban J connectivity index is 1.14. The summed E-state index contributed by atoms with van der Waals surface area (Å²) in [6.45, 7) is 0. The summed E-state index contributed by atoms with van der Waals surface area (Å²) in [6.07, 6.45) is 0. The Morgan fingerprint density at radius 3 is 2.23 bits per heavy atom. The Labute approximate surface area is 306 Å². The molecule has 12 rings (SSSR count). The van der Waals surface area contributed by atoms with Gasteiger partial charge in [-0.15, -0.1) is 11.3 Å². The molecule has 0 atom stereocenters. The largest absolute Gasteiger partial charge is 0.295 e. The monoisotopic (exact) mass is 698 g/mol. The molecular weight excluding hydrogens is 673 g/mol. The quantitative estimate of drug-likeness (QED) is 0.184. The van der Waals surface area contributed by atoms with Crippen molar-refractivity contribution in [2.75, 3.05) is 0 Å². The summed E-state index contributed by atoms with van der Waals surface area (Å²) in [7, 11) is 0. The highest BCUT2D eigenvalue weighted by Crippen LogP contribution is 2.49. The summed E-state index contributed by atoms with van der Waals surface area (Å²) in [5.41, 5.74) is 8.95.